The summed E-state index contributed by atoms with van der Waals surface area (Å²) in [6.45, 7) is 5.32. The van der Waals surface area contributed by atoms with E-state index in [1.54, 1.807) is 0 Å². The first-order valence-corrected chi connectivity index (χ1v) is 5.06. The van der Waals surface area contributed by atoms with Crippen LogP contribution in [0.25, 0.3) is 11.2 Å². The van der Waals surface area contributed by atoms with Crippen molar-refractivity contribution in [2.45, 2.75) is 13.8 Å². The molecule has 0 aliphatic rings. The third-order valence-corrected chi connectivity index (χ3v) is 2.57. The molecule has 0 radical (unpaired) electrons. The SMILES string of the molecule is CCN(CC)c1oc2c(c1N)[n+]([O-])cn2O. The van der Waals surface area contributed by atoms with Crippen molar-refractivity contribution in [3.63, 3.8) is 0 Å². The third-order valence-electron chi connectivity index (χ3n) is 2.57. The van der Waals surface area contributed by atoms with Crippen LogP contribution in [-0.2, 0) is 0 Å². The van der Waals surface area contributed by atoms with Crippen molar-refractivity contribution in [1.82, 2.24) is 4.73 Å². The molecule has 2 aromatic heterocycles. The van der Waals surface area contributed by atoms with Crippen molar-refractivity contribution in [2.75, 3.05) is 23.7 Å². The summed E-state index contributed by atoms with van der Waals surface area (Å²) in [5, 5.41) is 20.8. The zero-order chi connectivity index (χ0) is 11.9. The Morgan fingerprint density at radius 1 is 1.56 bits per heavy atom. The number of anilines is 2. The maximum atomic E-state index is 11.4. The Hall–Kier alpha value is -2.05. The molecule has 7 heteroatoms. The van der Waals surface area contributed by atoms with Crippen LogP contribution in [0.1, 0.15) is 13.8 Å². The number of fused-ring (bicyclic) bond motifs is 1. The average Bonchev–Trinajstić information content (AvgIpc) is 2.71. The van der Waals surface area contributed by atoms with Gasteiger partial charge in [0.05, 0.1) is 0 Å². The van der Waals surface area contributed by atoms with Gasteiger partial charge in [-0.1, -0.05) is 0 Å². The molecule has 2 heterocycles. The lowest BCUT2D eigenvalue weighted by Crippen LogP contribution is -2.25. The van der Waals surface area contributed by atoms with Gasteiger partial charge in [-0.3, -0.25) is 0 Å². The number of aromatic nitrogens is 2. The van der Waals surface area contributed by atoms with Crippen LogP contribution in [0.4, 0.5) is 11.6 Å². The molecule has 0 atom stereocenters. The Labute approximate surface area is 91.8 Å². The van der Waals surface area contributed by atoms with Crippen LogP contribution in [0.3, 0.4) is 0 Å². The molecule has 0 saturated heterocycles. The monoisotopic (exact) mass is 226 g/mol. The summed E-state index contributed by atoms with van der Waals surface area (Å²) in [5.74, 6) is 0.419. The summed E-state index contributed by atoms with van der Waals surface area (Å²) < 4.78 is 6.51. The average molecular weight is 226 g/mol. The molecule has 0 fully saturated rings. The van der Waals surface area contributed by atoms with E-state index in [-0.39, 0.29) is 16.9 Å². The first kappa shape index (κ1) is 10.5. The number of hydrogen-bond acceptors (Lipinski definition) is 5. The van der Waals surface area contributed by atoms with Gasteiger partial charge >= 0.3 is 5.71 Å². The Balaban J connectivity index is 2.64. The zero-order valence-corrected chi connectivity index (χ0v) is 9.17. The van der Waals surface area contributed by atoms with Crippen LogP contribution in [0.2, 0.25) is 0 Å². The zero-order valence-electron chi connectivity index (χ0n) is 9.17. The largest absolute Gasteiger partial charge is 0.710 e. The number of hydrogen-bond donors (Lipinski definition) is 2. The van der Waals surface area contributed by atoms with E-state index in [0.29, 0.717) is 28.4 Å². The summed E-state index contributed by atoms with van der Waals surface area (Å²) in [6, 6.07) is 0. The summed E-state index contributed by atoms with van der Waals surface area (Å²) in [5.41, 5.74) is 6.30. The summed E-state index contributed by atoms with van der Waals surface area (Å²) >= 11 is 0. The van der Waals surface area contributed by atoms with E-state index < -0.39 is 0 Å². The second-order valence-electron chi connectivity index (χ2n) is 3.43. The summed E-state index contributed by atoms with van der Waals surface area (Å²) in [4.78, 5) is 1.87. The highest BCUT2D eigenvalue weighted by atomic mass is 16.5. The Bertz CT molecular complexity index is 512. The molecule has 16 heavy (non-hydrogen) atoms. The molecule has 0 aliphatic heterocycles. The minimum Gasteiger partial charge on any atom is -0.710 e. The number of rotatable bonds is 3. The molecule has 0 spiro atoms. The van der Waals surface area contributed by atoms with Gasteiger partial charge in [-0.25, -0.2) is 4.73 Å². The lowest BCUT2D eigenvalue weighted by atomic mass is 10.4. The smallest absolute Gasteiger partial charge is 0.382 e. The fourth-order valence-corrected chi connectivity index (χ4v) is 1.73. The maximum absolute atomic E-state index is 11.4. The number of furan rings is 1. The van der Waals surface area contributed by atoms with Gasteiger partial charge in [0, 0.05) is 13.1 Å². The first-order valence-electron chi connectivity index (χ1n) is 5.06. The van der Waals surface area contributed by atoms with Gasteiger partial charge in [-0.05, 0) is 18.6 Å². The fourth-order valence-electron chi connectivity index (χ4n) is 1.73. The Morgan fingerprint density at radius 2 is 2.19 bits per heavy atom. The normalized spacial score (nSPS) is 11.1. The summed E-state index contributed by atoms with van der Waals surface area (Å²) in [6.07, 6.45) is 0.955. The molecular weight excluding hydrogens is 212 g/mol. The van der Waals surface area contributed by atoms with Gasteiger partial charge in [0.15, 0.2) is 0 Å². The van der Waals surface area contributed by atoms with E-state index >= 15 is 0 Å². The molecule has 88 valence electrons. The van der Waals surface area contributed by atoms with E-state index in [1.807, 2.05) is 18.7 Å². The molecule has 2 rings (SSSR count). The first-order chi connectivity index (χ1) is 7.60. The molecule has 2 aromatic rings. The molecule has 0 aromatic carbocycles. The number of nitrogens with two attached hydrogens (primary N) is 1. The van der Waals surface area contributed by atoms with Crippen LogP contribution in [-0.4, -0.2) is 23.0 Å². The highest BCUT2D eigenvalue weighted by Crippen LogP contribution is 2.32. The van der Waals surface area contributed by atoms with Gasteiger partial charge in [0.2, 0.25) is 11.4 Å². The highest BCUT2D eigenvalue weighted by molar-refractivity contribution is 5.88. The quantitative estimate of drug-likeness (QED) is 0.452. The van der Waals surface area contributed by atoms with E-state index in [2.05, 4.69) is 0 Å². The van der Waals surface area contributed by atoms with Crippen molar-refractivity contribution in [2.24, 2.45) is 0 Å². The molecule has 3 N–H and O–H groups in total. The van der Waals surface area contributed by atoms with Crippen LogP contribution < -0.4 is 15.4 Å². The van der Waals surface area contributed by atoms with Crippen LogP contribution in [0.5, 0.6) is 0 Å². The van der Waals surface area contributed by atoms with Gasteiger partial charge in [0.25, 0.3) is 6.33 Å². The lowest BCUT2D eigenvalue weighted by Gasteiger charge is -2.17. The van der Waals surface area contributed by atoms with E-state index in [4.69, 9.17) is 10.2 Å². The van der Waals surface area contributed by atoms with Crippen molar-refractivity contribution in [3.8, 4) is 0 Å². The van der Waals surface area contributed by atoms with Crippen LogP contribution in [0, 0.1) is 5.21 Å². The molecule has 7 nitrogen and oxygen atoms in total. The van der Waals surface area contributed by atoms with Crippen molar-refractivity contribution < 1.29 is 14.4 Å². The van der Waals surface area contributed by atoms with E-state index in [0.717, 1.165) is 6.33 Å². The Morgan fingerprint density at radius 3 is 2.69 bits per heavy atom. The topological polar surface area (TPSA) is 94.5 Å². The van der Waals surface area contributed by atoms with Gasteiger partial charge in [-0.2, -0.15) is 0 Å². The van der Waals surface area contributed by atoms with Crippen molar-refractivity contribution in [3.05, 3.63) is 11.5 Å². The molecule has 0 amide bonds. The van der Waals surface area contributed by atoms with E-state index in [9.17, 15) is 10.4 Å². The molecule has 0 unspecified atom stereocenters. The standard InChI is InChI=1S/C9H14N4O3/c1-3-11(4-2)8-6(10)7-9(16-8)13(15)5-12(7)14/h5,15H,3-4,10H2,1-2H3. The fraction of sp³-hybridized carbons (Fsp3) is 0.444. The number of nitrogen functional groups attached to an aromatic ring is 1. The highest BCUT2D eigenvalue weighted by Gasteiger charge is 2.26. The summed E-state index contributed by atoms with van der Waals surface area (Å²) in [7, 11) is 0. The second kappa shape index (κ2) is 3.51. The minimum atomic E-state index is 0.0643. The van der Waals surface area contributed by atoms with Gasteiger partial charge < -0.3 is 25.5 Å². The van der Waals surface area contributed by atoms with Crippen molar-refractivity contribution in [1.29, 1.82) is 0 Å². The minimum absolute atomic E-state index is 0.0643. The van der Waals surface area contributed by atoms with Gasteiger partial charge in [0.1, 0.15) is 5.69 Å². The lowest BCUT2D eigenvalue weighted by molar-refractivity contribution is -0.579. The molecule has 0 aliphatic carbocycles. The second-order valence-corrected chi connectivity index (χ2v) is 3.43. The third kappa shape index (κ3) is 1.24. The predicted octanol–water partition coefficient (Wildman–Crippen LogP) is 0.533. The van der Waals surface area contributed by atoms with E-state index in [1.165, 1.54) is 0 Å². The predicted molar refractivity (Wildman–Crippen MR) is 58.3 cm³/mol. The Kier molecular flexibility index (Phi) is 2.30. The van der Waals surface area contributed by atoms with Crippen LogP contribution in [0.15, 0.2) is 10.7 Å². The maximum Gasteiger partial charge on any atom is 0.382 e. The number of nitrogens with zero attached hydrogens (tertiary/aromatic N) is 3. The molecular formula is C9H14N4O3. The van der Waals surface area contributed by atoms with Crippen LogP contribution >= 0.6 is 0 Å². The number of imidazole rings is 1. The van der Waals surface area contributed by atoms with Crippen molar-refractivity contribution >= 4 is 22.8 Å². The molecule has 0 bridgehead atoms. The molecule has 0 saturated carbocycles. The van der Waals surface area contributed by atoms with Gasteiger partial charge in [-0.15, -0.1) is 0 Å².